The van der Waals surface area contributed by atoms with Crippen LogP contribution >= 0.6 is 0 Å². The zero-order valence-corrected chi connectivity index (χ0v) is 21.2. The van der Waals surface area contributed by atoms with Gasteiger partial charge in [-0.3, -0.25) is 0 Å². The Morgan fingerprint density at radius 3 is 1.52 bits per heavy atom. The Kier molecular flexibility index (Phi) is 7.59. The van der Waals surface area contributed by atoms with Crippen molar-refractivity contribution in [1.29, 1.82) is 0 Å². The van der Waals surface area contributed by atoms with Gasteiger partial charge in [0, 0.05) is 34.6 Å². The summed E-state index contributed by atoms with van der Waals surface area (Å²) in [5.74, 6) is -14.0. The molecule has 5 aromatic rings. The minimum absolute atomic E-state index is 0.211. The van der Waals surface area contributed by atoms with Gasteiger partial charge in [-0.2, -0.15) is 0 Å². The maximum Gasteiger partial charge on any atom is 0.194 e. The van der Waals surface area contributed by atoms with Crippen LogP contribution in [0.4, 0.5) is 39.5 Å². The molecule has 212 valence electrons. The van der Waals surface area contributed by atoms with Crippen molar-refractivity contribution >= 4 is 11.7 Å². The highest BCUT2D eigenvalue weighted by atomic mass is 19.2. The summed E-state index contributed by atoms with van der Waals surface area (Å²) in [6.07, 6.45) is 3.05. The molecule has 5 rings (SSSR count). The van der Waals surface area contributed by atoms with E-state index in [1.54, 1.807) is 6.92 Å². The molecule has 4 aromatic carbocycles. The van der Waals surface area contributed by atoms with Gasteiger partial charge in [0.15, 0.2) is 34.9 Å². The molecule has 0 aliphatic carbocycles. The molecule has 0 saturated carbocycles. The summed E-state index contributed by atoms with van der Waals surface area (Å²) in [5.41, 5.74) is -2.62. The van der Waals surface area contributed by atoms with E-state index in [1.807, 2.05) is 0 Å². The Bertz CT molecular complexity index is 1840. The lowest BCUT2D eigenvalue weighted by Gasteiger charge is -2.11. The van der Waals surface area contributed by atoms with E-state index in [4.69, 9.17) is 0 Å². The van der Waals surface area contributed by atoms with Gasteiger partial charge < -0.3 is 0 Å². The molecule has 0 radical (unpaired) electrons. The molecule has 0 aliphatic rings. The van der Waals surface area contributed by atoms with Crippen LogP contribution in [0.25, 0.3) is 45.3 Å². The number of aromatic nitrogens is 2. The maximum absolute atomic E-state index is 15.0. The highest BCUT2D eigenvalue weighted by molar-refractivity contribution is 5.85. The van der Waals surface area contributed by atoms with Crippen molar-refractivity contribution in [3.05, 3.63) is 130 Å². The van der Waals surface area contributed by atoms with Crippen LogP contribution in [0.15, 0.2) is 73.1 Å². The minimum atomic E-state index is -2.02. The molecular formula is C31H15F9N2. The minimum Gasteiger partial charge on any atom is -0.236 e. The molecule has 42 heavy (non-hydrogen) atoms. The van der Waals surface area contributed by atoms with Crippen LogP contribution in [-0.4, -0.2) is 9.97 Å². The highest BCUT2D eigenvalue weighted by Gasteiger charge is 2.23. The number of aryl methyl sites for hydroxylation is 1. The topological polar surface area (TPSA) is 25.8 Å². The fraction of sp³-hybridized carbons (Fsp3) is 0.0323. The lowest BCUT2D eigenvalue weighted by Crippen LogP contribution is -1.98. The second-order valence-corrected chi connectivity index (χ2v) is 9.17. The van der Waals surface area contributed by atoms with Gasteiger partial charge in [0.05, 0.1) is 5.56 Å². The van der Waals surface area contributed by atoms with Gasteiger partial charge in [-0.15, -0.1) is 0 Å². The van der Waals surface area contributed by atoms with Gasteiger partial charge in [-0.05, 0) is 60.0 Å². The summed E-state index contributed by atoms with van der Waals surface area (Å²) in [6.45, 7) is 1.76. The molecule has 0 aliphatic heterocycles. The molecule has 1 aromatic heterocycles. The van der Waals surface area contributed by atoms with E-state index in [0.717, 1.165) is 23.8 Å². The lowest BCUT2D eigenvalue weighted by molar-refractivity contribution is 0.447. The van der Waals surface area contributed by atoms with Gasteiger partial charge in [0.25, 0.3) is 0 Å². The highest BCUT2D eigenvalue weighted by Crippen LogP contribution is 2.37. The van der Waals surface area contributed by atoms with E-state index in [-0.39, 0.29) is 22.5 Å². The lowest BCUT2D eigenvalue weighted by atomic mass is 9.99. The van der Waals surface area contributed by atoms with Crippen molar-refractivity contribution in [3.8, 4) is 33.6 Å². The molecular weight excluding hydrogens is 571 g/mol. The van der Waals surface area contributed by atoms with Gasteiger partial charge >= 0.3 is 0 Å². The number of nitrogens with zero attached hydrogens (tertiary/aromatic N) is 2. The van der Waals surface area contributed by atoms with E-state index in [0.29, 0.717) is 30.3 Å². The van der Waals surface area contributed by atoms with Crippen molar-refractivity contribution in [3.63, 3.8) is 0 Å². The molecule has 0 bridgehead atoms. The molecule has 0 spiro atoms. The maximum atomic E-state index is 15.0. The van der Waals surface area contributed by atoms with Gasteiger partial charge in [-0.25, -0.2) is 49.5 Å². The Hall–Kier alpha value is -4.93. The van der Waals surface area contributed by atoms with Crippen LogP contribution in [0.5, 0.6) is 0 Å². The van der Waals surface area contributed by atoms with E-state index in [2.05, 4.69) is 9.97 Å². The number of rotatable bonds is 5. The van der Waals surface area contributed by atoms with Crippen molar-refractivity contribution in [2.75, 3.05) is 0 Å². The monoisotopic (exact) mass is 586 g/mol. The van der Waals surface area contributed by atoms with E-state index < -0.39 is 74.6 Å². The fourth-order valence-corrected chi connectivity index (χ4v) is 4.20. The molecule has 0 N–H and O–H groups in total. The van der Waals surface area contributed by atoms with Crippen LogP contribution in [-0.2, 0) is 0 Å². The van der Waals surface area contributed by atoms with E-state index in [9.17, 15) is 39.5 Å². The average molecular weight is 586 g/mol. The third kappa shape index (κ3) is 5.37. The summed E-state index contributed by atoms with van der Waals surface area (Å²) in [5, 5.41) is 0. The van der Waals surface area contributed by atoms with Crippen LogP contribution < -0.4 is 0 Å². The Balaban J connectivity index is 1.48. The van der Waals surface area contributed by atoms with E-state index in [1.165, 1.54) is 24.5 Å². The summed E-state index contributed by atoms with van der Waals surface area (Å²) in [4.78, 5) is 8.16. The quantitative estimate of drug-likeness (QED) is 0.116. The molecule has 0 fully saturated rings. The Labute approximate surface area is 232 Å². The third-order valence-electron chi connectivity index (χ3n) is 6.29. The standard InChI is InChI=1S/C31H15F9N2/c1-14-12-41-31(42-13-14)16-3-5-20(22(33)7-16)17-8-23(34)27(24(35)9-17)30(40)28(38)15-2-4-19(21(32)6-15)18-10-25(36)29(39)26(37)11-18/h2-13H,1H3/b30-28+. The van der Waals surface area contributed by atoms with Crippen LogP contribution in [0, 0.1) is 47.6 Å². The summed E-state index contributed by atoms with van der Waals surface area (Å²) in [7, 11) is 0. The smallest absolute Gasteiger partial charge is 0.194 e. The first-order valence-electron chi connectivity index (χ1n) is 12.0. The normalized spacial score (nSPS) is 12.0. The zero-order chi connectivity index (χ0) is 30.3. The molecule has 11 heteroatoms. The first-order chi connectivity index (χ1) is 19.9. The second kappa shape index (κ2) is 11.2. The third-order valence-corrected chi connectivity index (χ3v) is 6.29. The molecule has 0 saturated heterocycles. The van der Waals surface area contributed by atoms with Crippen LogP contribution in [0.2, 0.25) is 0 Å². The number of hydrogen-bond acceptors (Lipinski definition) is 2. The molecule has 0 unspecified atom stereocenters. The second-order valence-electron chi connectivity index (χ2n) is 9.17. The first kappa shape index (κ1) is 28.6. The molecule has 0 amide bonds. The van der Waals surface area contributed by atoms with Gasteiger partial charge in [-0.1, -0.05) is 24.3 Å². The fourth-order valence-electron chi connectivity index (χ4n) is 4.20. The van der Waals surface area contributed by atoms with Crippen molar-refractivity contribution in [1.82, 2.24) is 9.97 Å². The Morgan fingerprint density at radius 1 is 0.524 bits per heavy atom. The Morgan fingerprint density at radius 2 is 1.00 bits per heavy atom. The zero-order valence-electron chi connectivity index (χ0n) is 21.2. The predicted octanol–water partition coefficient (Wildman–Crippen LogP) is 9.52. The number of benzene rings is 4. The molecule has 1 heterocycles. The SMILES string of the molecule is Cc1cnc(-c2ccc(-c3cc(F)c(/C(F)=C(\F)c4ccc(-c5cc(F)c(F)c(F)c5)c(F)c4)c(F)c3)c(F)c2)nc1. The predicted molar refractivity (Wildman–Crippen MR) is 138 cm³/mol. The summed E-state index contributed by atoms with van der Waals surface area (Å²) >= 11 is 0. The van der Waals surface area contributed by atoms with Crippen molar-refractivity contribution in [2.24, 2.45) is 0 Å². The number of hydrogen-bond donors (Lipinski definition) is 0. The largest absolute Gasteiger partial charge is 0.236 e. The van der Waals surface area contributed by atoms with E-state index >= 15 is 0 Å². The first-order valence-corrected chi connectivity index (χ1v) is 12.0. The van der Waals surface area contributed by atoms with Crippen molar-refractivity contribution < 1.29 is 39.5 Å². The van der Waals surface area contributed by atoms with Crippen LogP contribution in [0.1, 0.15) is 16.7 Å². The molecule has 2 nitrogen and oxygen atoms in total. The van der Waals surface area contributed by atoms with Gasteiger partial charge in [0.2, 0.25) is 0 Å². The summed E-state index contributed by atoms with van der Waals surface area (Å²) in [6, 6.07) is 7.96. The number of halogens is 9. The average Bonchev–Trinajstić information content (AvgIpc) is 2.95. The molecule has 0 atom stereocenters. The van der Waals surface area contributed by atoms with Gasteiger partial charge in [0.1, 0.15) is 23.3 Å². The van der Waals surface area contributed by atoms with Crippen LogP contribution in [0.3, 0.4) is 0 Å². The van der Waals surface area contributed by atoms with Crippen molar-refractivity contribution in [2.45, 2.75) is 6.92 Å². The summed E-state index contributed by atoms with van der Waals surface area (Å²) < 4.78 is 130.